The topological polar surface area (TPSA) is 57.1 Å². The summed E-state index contributed by atoms with van der Waals surface area (Å²) in [6, 6.07) is 6.95. The Balaban J connectivity index is 1.99. The highest BCUT2D eigenvalue weighted by atomic mass is 16.5. The molecule has 0 aliphatic heterocycles. The van der Waals surface area contributed by atoms with E-state index >= 15 is 0 Å². The van der Waals surface area contributed by atoms with Crippen LogP contribution < -0.4 is 4.74 Å². The van der Waals surface area contributed by atoms with Crippen LogP contribution in [-0.4, -0.2) is 45.2 Å². The molecule has 20 heavy (non-hydrogen) atoms. The standard InChI is InChI=1S/C15H21NO4/c1-13(2)16-12-19-8-7-18-9-10-20-15-5-3-14(11-17)4-6-15/h3-6,11H,7-10,12H2,1-2H3. The summed E-state index contributed by atoms with van der Waals surface area (Å²) < 4.78 is 16.1. The molecule has 0 saturated heterocycles. The van der Waals surface area contributed by atoms with E-state index in [9.17, 15) is 4.79 Å². The molecule has 0 aliphatic carbocycles. The lowest BCUT2D eigenvalue weighted by Crippen LogP contribution is -2.11. The molecule has 1 aromatic rings. The molecule has 0 N–H and O–H groups in total. The van der Waals surface area contributed by atoms with Crippen molar-refractivity contribution in [3.8, 4) is 5.75 Å². The van der Waals surface area contributed by atoms with Crippen LogP contribution in [0.3, 0.4) is 0 Å². The fraction of sp³-hybridized carbons (Fsp3) is 0.467. The predicted molar refractivity (Wildman–Crippen MR) is 77.7 cm³/mol. The molecule has 0 bridgehead atoms. The molecule has 0 saturated carbocycles. The van der Waals surface area contributed by atoms with Gasteiger partial charge in [0, 0.05) is 11.3 Å². The number of ether oxygens (including phenoxy) is 3. The molecule has 5 nitrogen and oxygen atoms in total. The van der Waals surface area contributed by atoms with Gasteiger partial charge >= 0.3 is 0 Å². The summed E-state index contributed by atoms with van der Waals surface area (Å²) in [5, 5.41) is 0. The second-order valence-corrected chi connectivity index (χ2v) is 4.29. The Bertz CT molecular complexity index is 410. The van der Waals surface area contributed by atoms with Crippen molar-refractivity contribution in [2.24, 2.45) is 4.99 Å². The SMILES string of the molecule is CC(C)=NCOCCOCCOc1ccc(C=O)cc1. The first-order chi connectivity index (χ1) is 9.72. The molecule has 0 atom stereocenters. The van der Waals surface area contributed by atoms with Crippen molar-refractivity contribution in [2.45, 2.75) is 13.8 Å². The van der Waals surface area contributed by atoms with Crippen molar-refractivity contribution in [2.75, 3.05) is 33.2 Å². The van der Waals surface area contributed by atoms with Gasteiger partial charge in [0.05, 0.1) is 19.8 Å². The van der Waals surface area contributed by atoms with Gasteiger partial charge in [-0.25, -0.2) is 0 Å². The first-order valence-electron chi connectivity index (χ1n) is 6.53. The van der Waals surface area contributed by atoms with Gasteiger partial charge < -0.3 is 14.2 Å². The smallest absolute Gasteiger partial charge is 0.150 e. The van der Waals surface area contributed by atoms with Crippen LogP contribution >= 0.6 is 0 Å². The van der Waals surface area contributed by atoms with Gasteiger partial charge in [-0.3, -0.25) is 9.79 Å². The summed E-state index contributed by atoms with van der Waals surface area (Å²) in [7, 11) is 0. The third kappa shape index (κ3) is 7.66. The number of benzene rings is 1. The fourth-order valence-electron chi connectivity index (χ4n) is 1.32. The van der Waals surface area contributed by atoms with Crippen molar-refractivity contribution in [3.63, 3.8) is 0 Å². The normalized spacial score (nSPS) is 10.1. The third-order valence-corrected chi connectivity index (χ3v) is 2.36. The molecule has 0 unspecified atom stereocenters. The second kappa shape index (κ2) is 10.1. The van der Waals surface area contributed by atoms with Gasteiger partial charge in [0.2, 0.25) is 0 Å². The van der Waals surface area contributed by atoms with Crippen molar-refractivity contribution in [1.29, 1.82) is 0 Å². The minimum Gasteiger partial charge on any atom is -0.491 e. The molecule has 5 heteroatoms. The maximum absolute atomic E-state index is 10.5. The lowest BCUT2D eigenvalue weighted by atomic mass is 10.2. The fourth-order valence-corrected chi connectivity index (χ4v) is 1.32. The highest BCUT2D eigenvalue weighted by molar-refractivity contribution is 5.78. The van der Waals surface area contributed by atoms with Gasteiger partial charge in [0.25, 0.3) is 0 Å². The lowest BCUT2D eigenvalue weighted by Gasteiger charge is -2.07. The molecular weight excluding hydrogens is 258 g/mol. The summed E-state index contributed by atoms with van der Waals surface area (Å²) in [6.45, 7) is 6.24. The van der Waals surface area contributed by atoms with E-state index in [1.807, 2.05) is 13.8 Å². The van der Waals surface area contributed by atoms with Crippen molar-refractivity contribution >= 4 is 12.0 Å². The zero-order valence-corrected chi connectivity index (χ0v) is 12.0. The largest absolute Gasteiger partial charge is 0.491 e. The Labute approximate surface area is 119 Å². The van der Waals surface area contributed by atoms with Crippen LogP contribution in [0.15, 0.2) is 29.3 Å². The van der Waals surface area contributed by atoms with E-state index < -0.39 is 0 Å². The summed E-state index contributed by atoms with van der Waals surface area (Å²) in [6.07, 6.45) is 0.803. The minimum atomic E-state index is 0.380. The molecule has 0 spiro atoms. The van der Waals surface area contributed by atoms with Crippen LogP contribution in [0, 0.1) is 0 Å². The maximum atomic E-state index is 10.5. The molecule has 0 aliphatic rings. The van der Waals surface area contributed by atoms with E-state index in [2.05, 4.69) is 4.99 Å². The quantitative estimate of drug-likeness (QED) is 0.375. The molecule has 0 radical (unpaired) electrons. The van der Waals surface area contributed by atoms with E-state index in [1.54, 1.807) is 24.3 Å². The maximum Gasteiger partial charge on any atom is 0.150 e. The Kier molecular flexibility index (Phi) is 8.26. The lowest BCUT2D eigenvalue weighted by molar-refractivity contribution is 0.0388. The number of aliphatic imine (C=N–C) groups is 1. The van der Waals surface area contributed by atoms with Crippen LogP contribution in [0.2, 0.25) is 0 Å². The van der Waals surface area contributed by atoms with Gasteiger partial charge in [-0.2, -0.15) is 0 Å². The van der Waals surface area contributed by atoms with E-state index in [0.29, 0.717) is 38.7 Å². The van der Waals surface area contributed by atoms with E-state index in [4.69, 9.17) is 14.2 Å². The Morgan fingerprint density at radius 1 is 1.05 bits per heavy atom. The Morgan fingerprint density at radius 3 is 2.35 bits per heavy atom. The van der Waals surface area contributed by atoms with Gasteiger partial charge in [0.1, 0.15) is 25.4 Å². The molecule has 0 aromatic heterocycles. The van der Waals surface area contributed by atoms with E-state index in [1.165, 1.54) is 0 Å². The summed E-state index contributed by atoms with van der Waals surface area (Å²) in [4.78, 5) is 14.6. The first kappa shape index (κ1) is 16.3. The molecular formula is C15H21NO4. The molecule has 1 aromatic carbocycles. The Morgan fingerprint density at radius 2 is 1.70 bits per heavy atom. The summed E-state index contributed by atoms with van der Waals surface area (Å²) in [5.41, 5.74) is 1.63. The highest BCUT2D eigenvalue weighted by Gasteiger charge is 1.95. The number of rotatable bonds is 10. The van der Waals surface area contributed by atoms with E-state index in [-0.39, 0.29) is 0 Å². The van der Waals surface area contributed by atoms with Crippen LogP contribution in [0.25, 0.3) is 0 Å². The molecule has 1 rings (SSSR count). The van der Waals surface area contributed by atoms with Crippen LogP contribution in [-0.2, 0) is 9.47 Å². The highest BCUT2D eigenvalue weighted by Crippen LogP contribution is 2.10. The number of carbonyl (C=O) groups excluding carboxylic acids is 1. The number of hydrogen-bond donors (Lipinski definition) is 0. The predicted octanol–water partition coefficient (Wildman–Crippen LogP) is 2.35. The monoisotopic (exact) mass is 279 g/mol. The molecule has 110 valence electrons. The number of nitrogens with zero attached hydrogens (tertiary/aromatic N) is 1. The average molecular weight is 279 g/mol. The molecule has 0 fully saturated rings. The van der Waals surface area contributed by atoms with Crippen LogP contribution in [0.4, 0.5) is 0 Å². The Hall–Kier alpha value is -1.72. The van der Waals surface area contributed by atoms with E-state index in [0.717, 1.165) is 17.7 Å². The van der Waals surface area contributed by atoms with Gasteiger partial charge in [-0.15, -0.1) is 0 Å². The average Bonchev–Trinajstić information content (AvgIpc) is 2.46. The van der Waals surface area contributed by atoms with Crippen molar-refractivity contribution in [1.82, 2.24) is 0 Å². The number of carbonyl (C=O) groups is 1. The van der Waals surface area contributed by atoms with Crippen LogP contribution in [0.5, 0.6) is 5.75 Å². The number of aldehydes is 1. The second-order valence-electron chi connectivity index (χ2n) is 4.29. The minimum absolute atomic E-state index is 0.380. The van der Waals surface area contributed by atoms with Crippen molar-refractivity contribution in [3.05, 3.63) is 29.8 Å². The molecule has 0 heterocycles. The number of hydrogen-bond acceptors (Lipinski definition) is 5. The van der Waals surface area contributed by atoms with Gasteiger partial charge in [-0.05, 0) is 38.1 Å². The van der Waals surface area contributed by atoms with Gasteiger partial charge in [-0.1, -0.05) is 0 Å². The molecule has 0 amide bonds. The first-order valence-corrected chi connectivity index (χ1v) is 6.53. The summed E-state index contributed by atoms with van der Waals surface area (Å²) >= 11 is 0. The zero-order chi connectivity index (χ0) is 14.6. The van der Waals surface area contributed by atoms with Crippen molar-refractivity contribution < 1.29 is 19.0 Å². The van der Waals surface area contributed by atoms with Gasteiger partial charge in [0.15, 0.2) is 0 Å². The zero-order valence-electron chi connectivity index (χ0n) is 12.0. The summed E-state index contributed by atoms with van der Waals surface area (Å²) in [5.74, 6) is 0.725. The third-order valence-electron chi connectivity index (χ3n) is 2.36. The van der Waals surface area contributed by atoms with Crippen LogP contribution in [0.1, 0.15) is 24.2 Å².